The zero-order chi connectivity index (χ0) is 17.0. The Morgan fingerprint density at radius 2 is 1.91 bits per heavy atom. The number of nitro benzene ring substituents is 1. The minimum absolute atomic E-state index is 0.0263. The molecule has 118 valence electrons. The molecule has 0 amide bonds. The van der Waals surface area contributed by atoms with E-state index in [-0.39, 0.29) is 23.5 Å². The molecule has 3 N–H and O–H groups in total. The smallest absolute Gasteiger partial charge is 0.270 e. The Kier molecular flexibility index (Phi) is 9.06. The summed E-state index contributed by atoms with van der Waals surface area (Å²) < 4.78 is 25.4. The Morgan fingerprint density at radius 3 is 2.36 bits per heavy atom. The number of nitrogens with two attached hydrogens (primary N) is 1. The van der Waals surface area contributed by atoms with Gasteiger partial charge in [0, 0.05) is 38.1 Å². The average molecular weight is 325 g/mol. The second-order valence-corrected chi connectivity index (χ2v) is 5.52. The maximum atomic E-state index is 11.6. The van der Waals surface area contributed by atoms with Crippen molar-refractivity contribution in [3.63, 3.8) is 0 Å². The number of hydrogen-bond acceptors (Lipinski definition) is 7. The SMILES string of the molecule is N#CCCN.N#CCCNS(=O)(=O)c1cccc([N+](=O)[O-])c1. The maximum Gasteiger partial charge on any atom is 0.270 e. The van der Waals surface area contributed by atoms with E-state index in [9.17, 15) is 18.5 Å². The van der Waals surface area contributed by atoms with Crippen molar-refractivity contribution in [1.82, 2.24) is 4.72 Å². The summed E-state index contributed by atoms with van der Waals surface area (Å²) in [4.78, 5) is 9.63. The Bertz CT molecular complexity index is 675. The van der Waals surface area contributed by atoms with E-state index in [1.54, 1.807) is 6.07 Å². The first-order chi connectivity index (χ1) is 10.4. The first-order valence-corrected chi connectivity index (χ1v) is 7.55. The van der Waals surface area contributed by atoms with Crippen LogP contribution < -0.4 is 10.5 Å². The van der Waals surface area contributed by atoms with Gasteiger partial charge in [-0.2, -0.15) is 10.5 Å². The highest BCUT2D eigenvalue weighted by atomic mass is 32.2. The Labute approximate surface area is 128 Å². The summed E-state index contributed by atoms with van der Waals surface area (Å²) in [6, 6.07) is 8.39. The van der Waals surface area contributed by atoms with Gasteiger partial charge in [-0.3, -0.25) is 10.1 Å². The Morgan fingerprint density at radius 1 is 1.27 bits per heavy atom. The molecule has 1 aromatic carbocycles. The summed E-state index contributed by atoms with van der Waals surface area (Å²) in [5.74, 6) is 0. The molecule has 0 unspecified atom stereocenters. The summed E-state index contributed by atoms with van der Waals surface area (Å²) in [6.07, 6.45) is 0.508. The van der Waals surface area contributed by atoms with Crippen LogP contribution in [-0.2, 0) is 10.0 Å². The standard InChI is InChI=1S/C9H9N3O4S.C3H6N2/c10-5-2-6-11-17(15,16)9-4-1-3-8(7-9)12(13)14;4-2-1-3-5/h1,3-4,7,11H,2,6H2;1-2,4H2. The highest BCUT2D eigenvalue weighted by molar-refractivity contribution is 7.89. The third-order valence-corrected chi connectivity index (χ3v) is 3.58. The van der Waals surface area contributed by atoms with E-state index < -0.39 is 14.9 Å². The number of hydrogen-bond donors (Lipinski definition) is 2. The molecule has 0 saturated heterocycles. The fourth-order valence-electron chi connectivity index (χ4n) is 1.15. The number of nitrogens with zero attached hydrogens (tertiary/aromatic N) is 3. The fourth-order valence-corrected chi connectivity index (χ4v) is 2.22. The first-order valence-electron chi connectivity index (χ1n) is 6.07. The molecule has 0 atom stereocenters. The first kappa shape index (κ1) is 19.5. The molecular formula is C12H15N5O4S. The van der Waals surface area contributed by atoms with Crippen molar-refractivity contribution < 1.29 is 13.3 Å². The quantitative estimate of drug-likeness (QED) is 0.440. The molecule has 1 aromatic rings. The van der Waals surface area contributed by atoms with E-state index in [1.807, 2.05) is 6.07 Å². The summed E-state index contributed by atoms with van der Waals surface area (Å²) in [5, 5.41) is 26.5. The number of rotatable bonds is 6. The van der Waals surface area contributed by atoms with Crippen molar-refractivity contribution in [2.45, 2.75) is 17.7 Å². The molecule has 0 radical (unpaired) electrons. The number of sulfonamides is 1. The van der Waals surface area contributed by atoms with Crippen LogP contribution in [0.2, 0.25) is 0 Å². The molecule has 0 heterocycles. The van der Waals surface area contributed by atoms with E-state index >= 15 is 0 Å². The second kappa shape index (κ2) is 10.2. The number of nitrogens with one attached hydrogen (secondary N) is 1. The van der Waals surface area contributed by atoms with Crippen LogP contribution in [0.4, 0.5) is 5.69 Å². The second-order valence-electron chi connectivity index (χ2n) is 3.76. The van der Waals surface area contributed by atoms with Crippen LogP contribution >= 0.6 is 0 Å². The van der Waals surface area contributed by atoms with Gasteiger partial charge in [0.2, 0.25) is 10.0 Å². The van der Waals surface area contributed by atoms with Gasteiger partial charge in [0.15, 0.2) is 0 Å². The van der Waals surface area contributed by atoms with Gasteiger partial charge in [0.25, 0.3) is 5.69 Å². The molecule has 10 heteroatoms. The number of nitro groups is 1. The average Bonchev–Trinajstić information content (AvgIpc) is 2.49. The van der Waals surface area contributed by atoms with Crippen LogP contribution in [0.3, 0.4) is 0 Å². The van der Waals surface area contributed by atoms with E-state index in [4.69, 9.17) is 16.3 Å². The van der Waals surface area contributed by atoms with Crippen LogP contribution in [-0.4, -0.2) is 26.4 Å². The van der Waals surface area contributed by atoms with Gasteiger partial charge in [0.1, 0.15) is 0 Å². The van der Waals surface area contributed by atoms with Crippen molar-refractivity contribution in [1.29, 1.82) is 10.5 Å². The summed E-state index contributed by atoms with van der Waals surface area (Å²) in [5.41, 5.74) is 4.62. The lowest BCUT2D eigenvalue weighted by Gasteiger charge is -2.04. The van der Waals surface area contributed by atoms with Gasteiger partial charge < -0.3 is 5.73 Å². The van der Waals surface area contributed by atoms with Gasteiger partial charge in [-0.1, -0.05) is 6.07 Å². The van der Waals surface area contributed by atoms with Crippen molar-refractivity contribution in [2.75, 3.05) is 13.1 Å². The molecule has 0 aliphatic rings. The molecule has 0 saturated carbocycles. The number of benzene rings is 1. The summed E-state index contributed by atoms with van der Waals surface area (Å²) in [7, 11) is -3.79. The Hall–Kier alpha value is -2.53. The van der Waals surface area contributed by atoms with Gasteiger partial charge in [-0.05, 0) is 6.07 Å². The van der Waals surface area contributed by atoms with Crippen LogP contribution in [0.1, 0.15) is 12.8 Å². The van der Waals surface area contributed by atoms with Gasteiger partial charge in [0.05, 0.1) is 22.0 Å². The lowest BCUT2D eigenvalue weighted by molar-refractivity contribution is -0.385. The molecule has 0 aliphatic heterocycles. The molecule has 0 fully saturated rings. The van der Waals surface area contributed by atoms with E-state index in [0.717, 1.165) is 6.07 Å². The highest BCUT2D eigenvalue weighted by Gasteiger charge is 2.16. The predicted molar refractivity (Wildman–Crippen MR) is 77.8 cm³/mol. The van der Waals surface area contributed by atoms with Gasteiger partial charge in [-0.15, -0.1) is 0 Å². The van der Waals surface area contributed by atoms with Gasteiger partial charge >= 0.3 is 0 Å². The molecule has 0 aromatic heterocycles. The van der Waals surface area contributed by atoms with Crippen LogP contribution in [0.5, 0.6) is 0 Å². The molecule has 0 spiro atoms. The number of nitriles is 2. The van der Waals surface area contributed by atoms with E-state index in [2.05, 4.69) is 4.72 Å². The zero-order valence-electron chi connectivity index (χ0n) is 11.6. The van der Waals surface area contributed by atoms with Crippen LogP contribution in [0, 0.1) is 32.8 Å². The fraction of sp³-hybridized carbons (Fsp3) is 0.333. The van der Waals surface area contributed by atoms with Crippen LogP contribution in [0.25, 0.3) is 0 Å². The van der Waals surface area contributed by atoms with Crippen LogP contribution in [0.15, 0.2) is 29.2 Å². The normalized spacial score (nSPS) is 9.77. The third kappa shape index (κ3) is 7.31. The summed E-state index contributed by atoms with van der Waals surface area (Å²) in [6.45, 7) is 0.456. The minimum atomic E-state index is -3.79. The third-order valence-electron chi connectivity index (χ3n) is 2.12. The molecular weight excluding hydrogens is 310 g/mol. The monoisotopic (exact) mass is 325 g/mol. The van der Waals surface area contributed by atoms with Crippen molar-refractivity contribution >= 4 is 15.7 Å². The molecule has 22 heavy (non-hydrogen) atoms. The van der Waals surface area contributed by atoms with Crippen molar-refractivity contribution in [3.8, 4) is 12.1 Å². The largest absolute Gasteiger partial charge is 0.329 e. The maximum absolute atomic E-state index is 11.6. The van der Waals surface area contributed by atoms with E-state index in [0.29, 0.717) is 13.0 Å². The Balaban J connectivity index is 0.000000763. The topological polar surface area (TPSA) is 163 Å². The number of non-ortho nitro benzene ring substituents is 1. The zero-order valence-corrected chi connectivity index (χ0v) is 12.4. The lowest BCUT2D eigenvalue weighted by Crippen LogP contribution is -2.24. The molecule has 0 bridgehead atoms. The minimum Gasteiger partial charge on any atom is -0.329 e. The summed E-state index contributed by atoms with van der Waals surface area (Å²) >= 11 is 0. The van der Waals surface area contributed by atoms with Gasteiger partial charge in [-0.25, -0.2) is 13.1 Å². The molecule has 9 nitrogen and oxygen atoms in total. The van der Waals surface area contributed by atoms with Crippen molar-refractivity contribution in [3.05, 3.63) is 34.4 Å². The molecule has 0 aliphatic carbocycles. The highest BCUT2D eigenvalue weighted by Crippen LogP contribution is 2.16. The molecule has 1 rings (SSSR count). The van der Waals surface area contributed by atoms with E-state index in [1.165, 1.54) is 18.2 Å². The van der Waals surface area contributed by atoms with Crippen molar-refractivity contribution in [2.24, 2.45) is 5.73 Å². The lowest BCUT2D eigenvalue weighted by atomic mass is 10.3. The predicted octanol–water partition coefficient (Wildman–Crippen LogP) is 0.646.